The van der Waals surface area contributed by atoms with Crippen LogP contribution in [0.1, 0.15) is 206 Å². The van der Waals surface area contributed by atoms with Gasteiger partial charge in [0.05, 0.1) is 12.0 Å². The maximum atomic E-state index is 3.62. The number of nitrogens with zero attached hydrogens (tertiary/aromatic N) is 1. The quantitative estimate of drug-likeness (QED) is 0.0909. The topological polar surface area (TPSA) is 19.7 Å². The summed E-state index contributed by atoms with van der Waals surface area (Å²) in [7, 11) is 0. The first-order valence-corrected chi connectivity index (χ1v) is 16.8. The molecule has 1 aromatic heterocycles. The molecule has 0 aliphatic carbocycles. The van der Waals surface area contributed by atoms with Crippen LogP contribution in [0.3, 0.4) is 0 Å². The van der Waals surface area contributed by atoms with Gasteiger partial charge in [-0.2, -0.15) is 0 Å². The van der Waals surface area contributed by atoms with Crippen LogP contribution in [0.5, 0.6) is 0 Å². The Morgan fingerprint density at radius 2 is 0.861 bits per heavy atom. The van der Waals surface area contributed by atoms with Crippen LogP contribution < -0.4 is 4.57 Å². The fourth-order valence-corrected chi connectivity index (χ4v) is 5.84. The standard InChI is InChI=1S/C34H66N2/c1-5-7-9-11-13-14-15-16-17-18-19-20-21-23-25-27-29-33(28-26-24-22-12-10-8-6-2)34-35-30-31-36(34)32(3)4/h30-33H,5-29H2,1-4H3/p+1/t33-/m0/s1. The van der Waals surface area contributed by atoms with Crippen molar-refractivity contribution in [1.29, 1.82) is 0 Å². The highest BCUT2D eigenvalue weighted by Crippen LogP contribution is 2.27. The summed E-state index contributed by atoms with van der Waals surface area (Å²) in [5, 5.41) is 0. The van der Waals surface area contributed by atoms with E-state index >= 15 is 0 Å². The summed E-state index contributed by atoms with van der Waals surface area (Å²) >= 11 is 0. The minimum atomic E-state index is 0.550. The van der Waals surface area contributed by atoms with Crippen LogP contribution in [-0.2, 0) is 0 Å². The molecule has 2 nitrogen and oxygen atoms in total. The molecule has 0 amide bonds. The van der Waals surface area contributed by atoms with Crippen molar-refractivity contribution in [2.75, 3.05) is 0 Å². The van der Waals surface area contributed by atoms with Crippen LogP contribution in [0.2, 0.25) is 0 Å². The summed E-state index contributed by atoms with van der Waals surface area (Å²) in [6.45, 7) is 9.25. The molecule has 0 aromatic carbocycles. The smallest absolute Gasteiger partial charge is 0.247 e. The van der Waals surface area contributed by atoms with Gasteiger partial charge in [0.1, 0.15) is 12.4 Å². The van der Waals surface area contributed by atoms with Crippen molar-refractivity contribution in [2.24, 2.45) is 0 Å². The third-order valence-electron chi connectivity index (χ3n) is 8.25. The van der Waals surface area contributed by atoms with Gasteiger partial charge in [-0.15, -0.1) is 0 Å². The second kappa shape index (κ2) is 24.5. The number of imidazole rings is 1. The molecular formula is C34H67N2+. The lowest BCUT2D eigenvalue weighted by molar-refractivity contribution is -0.723. The molecular weight excluding hydrogens is 436 g/mol. The molecule has 1 heterocycles. The maximum Gasteiger partial charge on any atom is 0.257 e. The Hall–Kier alpha value is -0.790. The van der Waals surface area contributed by atoms with E-state index in [1.807, 2.05) is 0 Å². The average Bonchev–Trinajstić information content (AvgIpc) is 3.37. The number of aromatic amines is 1. The molecule has 0 fully saturated rings. The van der Waals surface area contributed by atoms with Gasteiger partial charge in [-0.1, -0.05) is 162 Å². The summed E-state index contributed by atoms with van der Waals surface area (Å²) in [5.74, 6) is 2.20. The highest BCUT2D eigenvalue weighted by molar-refractivity contribution is 4.90. The molecule has 212 valence electrons. The molecule has 1 N–H and O–H groups in total. The van der Waals surface area contributed by atoms with Gasteiger partial charge in [0.25, 0.3) is 5.82 Å². The van der Waals surface area contributed by atoms with E-state index in [0.717, 1.165) is 0 Å². The fourth-order valence-electron chi connectivity index (χ4n) is 5.84. The molecule has 0 bridgehead atoms. The van der Waals surface area contributed by atoms with Crippen molar-refractivity contribution in [3.8, 4) is 0 Å². The summed E-state index contributed by atoms with van der Waals surface area (Å²) in [5.41, 5.74) is 0. The zero-order valence-corrected chi connectivity index (χ0v) is 25.4. The Morgan fingerprint density at radius 1 is 0.528 bits per heavy atom. The predicted molar refractivity (Wildman–Crippen MR) is 161 cm³/mol. The molecule has 0 saturated heterocycles. The van der Waals surface area contributed by atoms with Crippen molar-refractivity contribution in [1.82, 2.24) is 4.98 Å². The molecule has 1 rings (SSSR count). The van der Waals surface area contributed by atoms with Gasteiger partial charge in [0.15, 0.2) is 0 Å². The monoisotopic (exact) mass is 504 g/mol. The van der Waals surface area contributed by atoms with Crippen LogP contribution in [0.4, 0.5) is 0 Å². The van der Waals surface area contributed by atoms with Crippen LogP contribution in [-0.4, -0.2) is 4.98 Å². The number of aromatic nitrogens is 2. The molecule has 0 radical (unpaired) electrons. The second-order valence-electron chi connectivity index (χ2n) is 12.0. The Balaban J connectivity index is 2.11. The number of nitrogens with one attached hydrogen (secondary N) is 1. The summed E-state index contributed by atoms with van der Waals surface area (Å²) in [4.78, 5) is 3.62. The van der Waals surface area contributed by atoms with Crippen LogP contribution in [0.25, 0.3) is 0 Å². The number of unbranched alkanes of at least 4 members (excludes halogenated alkanes) is 21. The zero-order valence-electron chi connectivity index (χ0n) is 25.4. The van der Waals surface area contributed by atoms with Gasteiger partial charge in [-0.3, -0.25) is 0 Å². The third-order valence-corrected chi connectivity index (χ3v) is 8.25. The number of H-pyrrole nitrogens is 1. The normalized spacial score (nSPS) is 12.6. The Labute approximate surface area is 227 Å². The molecule has 0 unspecified atom stereocenters. The van der Waals surface area contributed by atoms with Gasteiger partial charge in [0, 0.05) is 0 Å². The molecule has 0 spiro atoms. The lowest BCUT2D eigenvalue weighted by Gasteiger charge is -2.15. The SMILES string of the molecule is CCCCCCCCCCCCCCCCCC[C@H](CCCCCCCCC)c1[nH]cc[n+]1C(C)C. The minimum absolute atomic E-state index is 0.550. The Bertz CT molecular complexity index is 561. The van der Waals surface area contributed by atoms with E-state index in [4.69, 9.17) is 0 Å². The van der Waals surface area contributed by atoms with Crippen molar-refractivity contribution >= 4 is 0 Å². The number of hydrogen-bond acceptors (Lipinski definition) is 0. The van der Waals surface area contributed by atoms with Gasteiger partial charge in [-0.25, -0.2) is 9.55 Å². The third kappa shape index (κ3) is 17.6. The van der Waals surface area contributed by atoms with E-state index < -0.39 is 0 Å². The zero-order chi connectivity index (χ0) is 26.1. The molecule has 0 saturated carbocycles. The summed E-state index contributed by atoms with van der Waals surface area (Å²) in [6.07, 6.45) is 40.2. The first-order chi connectivity index (χ1) is 17.7. The Morgan fingerprint density at radius 3 is 1.19 bits per heavy atom. The van der Waals surface area contributed by atoms with Gasteiger partial charge in [-0.05, 0) is 26.7 Å². The average molecular weight is 504 g/mol. The first kappa shape index (κ1) is 33.2. The first-order valence-electron chi connectivity index (χ1n) is 16.8. The summed E-state index contributed by atoms with van der Waals surface area (Å²) < 4.78 is 2.48. The van der Waals surface area contributed by atoms with E-state index in [9.17, 15) is 0 Å². The van der Waals surface area contributed by atoms with Crippen molar-refractivity contribution < 1.29 is 4.57 Å². The van der Waals surface area contributed by atoms with Crippen molar-refractivity contribution in [3.63, 3.8) is 0 Å². The molecule has 1 aromatic rings. The molecule has 0 aliphatic heterocycles. The number of hydrogen-bond donors (Lipinski definition) is 1. The van der Waals surface area contributed by atoms with E-state index in [-0.39, 0.29) is 0 Å². The van der Waals surface area contributed by atoms with Gasteiger partial charge >= 0.3 is 0 Å². The number of rotatable bonds is 27. The molecule has 2 heteroatoms. The lowest BCUT2D eigenvalue weighted by atomic mass is 9.93. The highest BCUT2D eigenvalue weighted by Gasteiger charge is 2.23. The molecule has 0 aliphatic rings. The summed E-state index contributed by atoms with van der Waals surface area (Å²) in [6, 6.07) is 0.550. The van der Waals surface area contributed by atoms with Gasteiger partial charge in [0.2, 0.25) is 0 Å². The van der Waals surface area contributed by atoms with Crippen molar-refractivity contribution in [2.45, 2.75) is 200 Å². The minimum Gasteiger partial charge on any atom is -0.247 e. The second-order valence-corrected chi connectivity index (χ2v) is 12.0. The molecule has 36 heavy (non-hydrogen) atoms. The highest BCUT2D eigenvalue weighted by atomic mass is 15.1. The maximum absolute atomic E-state index is 3.62. The van der Waals surface area contributed by atoms with Crippen LogP contribution in [0.15, 0.2) is 12.4 Å². The van der Waals surface area contributed by atoms with E-state index in [0.29, 0.717) is 12.0 Å². The predicted octanol–water partition coefficient (Wildman–Crippen LogP) is 11.8. The lowest BCUT2D eigenvalue weighted by Crippen LogP contribution is -2.39. The Kier molecular flexibility index (Phi) is 22.7. The molecule has 1 atom stereocenters. The van der Waals surface area contributed by atoms with Crippen LogP contribution in [0, 0.1) is 0 Å². The van der Waals surface area contributed by atoms with Crippen LogP contribution >= 0.6 is 0 Å². The van der Waals surface area contributed by atoms with Crippen molar-refractivity contribution in [3.05, 3.63) is 18.2 Å². The van der Waals surface area contributed by atoms with E-state index in [2.05, 4.69) is 49.6 Å². The fraction of sp³-hybridized carbons (Fsp3) is 0.912. The van der Waals surface area contributed by atoms with E-state index in [1.54, 1.807) is 0 Å². The van der Waals surface area contributed by atoms with Gasteiger partial charge < -0.3 is 0 Å². The van der Waals surface area contributed by atoms with E-state index in [1.165, 1.54) is 166 Å². The largest absolute Gasteiger partial charge is 0.257 e.